The molecule has 1 atom stereocenters. The minimum Gasteiger partial charge on any atom is -0.371 e. The van der Waals surface area contributed by atoms with Crippen LogP contribution in [0.25, 0.3) is 0 Å². The third kappa shape index (κ3) is 3.93. The van der Waals surface area contributed by atoms with Gasteiger partial charge in [-0.3, -0.25) is 4.79 Å². The first-order valence-corrected chi connectivity index (χ1v) is 6.87. The number of allylic oxidation sites excluding steroid dienone is 1. The maximum Gasteiger partial charge on any atom is 0.253 e. The molecule has 3 heteroatoms. The number of hydrogen-bond acceptors (Lipinski definition) is 2. The number of para-hydroxylation sites is 1. The molecular formula is C16H21NO2. The molecule has 19 heavy (non-hydrogen) atoms. The van der Waals surface area contributed by atoms with Crippen LogP contribution in [0.15, 0.2) is 42.0 Å². The van der Waals surface area contributed by atoms with Crippen molar-refractivity contribution in [3.63, 3.8) is 0 Å². The van der Waals surface area contributed by atoms with Crippen LogP contribution >= 0.6 is 0 Å². The number of hydrogen-bond donors (Lipinski definition) is 0. The van der Waals surface area contributed by atoms with Crippen molar-refractivity contribution in [3.05, 3.63) is 42.0 Å². The number of amides is 1. The lowest BCUT2D eigenvalue weighted by atomic mass is 10.1. The zero-order chi connectivity index (χ0) is 13.7. The number of carbonyl (C=O) groups is 1. The Morgan fingerprint density at radius 3 is 2.68 bits per heavy atom. The standard InChI is InChI=1S/C16H21NO2/c1-3-4-8-13(2)16(18)17(11-15-12-19-15)14-9-6-5-7-10-14/h5-10,15H,3-4,11-12H2,1-2H3. The Balaban J connectivity index is 2.15. The summed E-state index contributed by atoms with van der Waals surface area (Å²) in [5.41, 5.74) is 1.75. The molecule has 102 valence electrons. The maximum atomic E-state index is 12.5. The monoisotopic (exact) mass is 259 g/mol. The highest BCUT2D eigenvalue weighted by Gasteiger charge is 2.29. The van der Waals surface area contributed by atoms with E-state index in [1.807, 2.05) is 48.2 Å². The summed E-state index contributed by atoms with van der Waals surface area (Å²) >= 11 is 0. The van der Waals surface area contributed by atoms with E-state index in [0.717, 1.165) is 30.7 Å². The molecule has 0 bridgehead atoms. The highest BCUT2D eigenvalue weighted by Crippen LogP contribution is 2.20. The number of carbonyl (C=O) groups excluding carboxylic acids is 1. The summed E-state index contributed by atoms with van der Waals surface area (Å²) in [5.74, 6) is 0.0788. The molecule has 1 aliphatic heterocycles. The third-order valence-corrected chi connectivity index (χ3v) is 3.18. The molecule has 0 radical (unpaired) electrons. The predicted molar refractivity (Wildman–Crippen MR) is 77.2 cm³/mol. The van der Waals surface area contributed by atoms with Gasteiger partial charge in [0.1, 0.15) is 0 Å². The van der Waals surface area contributed by atoms with Crippen LogP contribution in [0.5, 0.6) is 0 Å². The Morgan fingerprint density at radius 1 is 1.42 bits per heavy atom. The number of benzene rings is 1. The van der Waals surface area contributed by atoms with Crippen LogP contribution in [0.2, 0.25) is 0 Å². The average Bonchev–Trinajstić information content (AvgIpc) is 3.26. The lowest BCUT2D eigenvalue weighted by Crippen LogP contribution is -2.34. The van der Waals surface area contributed by atoms with Crippen molar-refractivity contribution in [3.8, 4) is 0 Å². The van der Waals surface area contributed by atoms with E-state index >= 15 is 0 Å². The second-order valence-corrected chi connectivity index (χ2v) is 4.88. The number of unbranched alkanes of at least 4 members (excludes halogenated alkanes) is 1. The zero-order valence-electron chi connectivity index (χ0n) is 11.6. The molecule has 1 aromatic rings. The fourth-order valence-electron chi connectivity index (χ4n) is 1.95. The molecule has 3 nitrogen and oxygen atoms in total. The molecule has 1 aliphatic rings. The first-order chi connectivity index (χ1) is 9.22. The molecule has 0 aromatic heterocycles. The molecule has 1 heterocycles. The van der Waals surface area contributed by atoms with Crippen molar-refractivity contribution in [2.45, 2.75) is 32.8 Å². The van der Waals surface area contributed by atoms with Crippen molar-refractivity contribution < 1.29 is 9.53 Å². The van der Waals surface area contributed by atoms with E-state index in [1.165, 1.54) is 0 Å². The van der Waals surface area contributed by atoms with Crippen LogP contribution in [0, 0.1) is 0 Å². The first-order valence-electron chi connectivity index (χ1n) is 6.87. The van der Waals surface area contributed by atoms with E-state index in [9.17, 15) is 4.79 Å². The van der Waals surface area contributed by atoms with E-state index < -0.39 is 0 Å². The Morgan fingerprint density at radius 2 is 2.11 bits per heavy atom. The van der Waals surface area contributed by atoms with Gasteiger partial charge >= 0.3 is 0 Å². The van der Waals surface area contributed by atoms with Gasteiger partial charge in [0.25, 0.3) is 5.91 Å². The topological polar surface area (TPSA) is 32.8 Å². The normalized spacial score (nSPS) is 18.2. The number of ether oxygens (including phenoxy) is 1. The molecule has 2 rings (SSSR count). The van der Waals surface area contributed by atoms with Crippen molar-refractivity contribution in [1.82, 2.24) is 0 Å². The van der Waals surface area contributed by atoms with Gasteiger partial charge in [-0.25, -0.2) is 0 Å². The number of rotatable bonds is 6. The Bertz CT molecular complexity index is 449. The highest BCUT2D eigenvalue weighted by atomic mass is 16.6. The lowest BCUT2D eigenvalue weighted by Gasteiger charge is -2.22. The second-order valence-electron chi connectivity index (χ2n) is 4.88. The molecular weight excluding hydrogens is 238 g/mol. The number of nitrogens with zero attached hydrogens (tertiary/aromatic N) is 1. The maximum absolute atomic E-state index is 12.5. The van der Waals surface area contributed by atoms with Crippen molar-refractivity contribution in [1.29, 1.82) is 0 Å². The summed E-state index contributed by atoms with van der Waals surface area (Å²) in [4.78, 5) is 14.3. The summed E-state index contributed by atoms with van der Waals surface area (Å²) in [7, 11) is 0. The smallest absolute Gasteiger partial charge is 0.253 e. The Labute approximate surface area is 114 Å². The van der Waals surface area contributed by atoms with Crippen LogP contribution in [0.4, 0.5) is 5.69 Å². The third-order valence-electron chi connectivity index (χ3n) is 3.18. The van der Waals surface area contributed by atoms with Crippen LogP contribution in [0.1, 0.15) is 26.7 Å². The van der Waals surface area contributed by atoms with Crippen molar-refractivity contribution in [2.75, 3.05) is 18.1 Å². The van der Waals surface area contributed by atoms with Crippen LogP contribution < -0.4 is 4.90 Å². The average molecular weight is 259 g/mol. The summed E-state index contributed by atoms with van der Waals surface area (Å²) < 4.78 is 5.26. The highest BCUT2D eigenvalue weighted by molar-refractivity contribution is 6.05. The van der Waals surface area contributed by atoms with Gasteiger partial charge in [-0.15, -0.1) is 0 Å². The predicted octanol–water partition coefficient (Wildman–Crippen LogP) is 3.16. The molecule has 0 aliphatic carbocycles. The summed E-state index contributed by atoms with van der Waals surface area (Å²) in [5, 5.41) is 0. The van der Waals surface area contributed by atoms with Gasteiger partial charge in [-0.1, -0.05) is 37.6 Å². The van der Waals surface area contributed by atoms with E-state index in [4.69, 9.17) is 4.74 Å². The van der Waals surface area contributed by atoms with E-state index in [2.05, 4.69) is 6.92 Å². The Kier molecular flexibility index (Phi) is 4.74. The van der Waals surface area contributed by atoms with Gasteiger partial charge < -0.3 is 9.64 Å². The zero-order valence-corrected chi connectivity index (χ0v) is 11.6. The first kappa shape index (κ1) is 13.8. The molecule has 1 saturated heterocycles. The van der Waals surface area contributed by atoms with Crippen LogP contribution in [-0.4, -0.2) is 25.2 Å². The van der Waals surface area contributed by atoms with Crippen LogP contribution in [-0.2, 0) is 9.53 Å². The molecule has 0 saturated carbocycles. The minimum absolute atomic E-state index is 0.0788. The SMILES string of the molecule is CCCC=C(C)C(=O)N(CC1CO1)c1ccccc1. The molecule has 1 aromatic carbocycles. The Hall–Kier alpha value is -1.61. The van der Waals surface area contributed by atoms with Crippen molar-refractivity contribution >= 4 is 11.6 Å². The van der Waals surface area contributed by atoms with Crippen LogP contribution in [0.3, 0.4) is 0 Å². The fraction of sp³-hybridized carbons (Fsp3) is 0.438. The second kappa shape index (κ2) is 6.53. The van der Waals surface area contributed by atoms with Gasteiger partial charge in [0.2, 0.25) is 0 Å². The van der Waals surface area contributed by atoms with E-state index in [0.29, 0.717) is 6.54 Å². The summed E-state index contributed by atoms with van der Waals surface area (Å²) in [6.45, 7) is 5.40. The quantitative estimate of drug-likeness (QED) is 0.580. The van der Waals surface area contributed by atoms with Gasteiger partial charge in [0.05, 0.1) is 19.3 Å². The largest absolute Gasteiger partial charge is 0.371 e. The van der Waals surface area contributed by atoms with Gasteiger partial charge in [0.15, 0.2) is 0 Å². The fourth-order valence-corrected chi connectivity index (χ4v) is 1.95. The molecule has 1 unspecified atom stereocenters. The van der Waals surface area contributed by atoms with Gasteiger partial charge in [-0.2, -0.15) is 0 Å². The van der Waals surface area contributed by atoms with Crippen molar-refractivity contribution in [2.24, 2.45) is 0 Å². The summed E-state index contributed by atoms with van der Waals surface area (Å²) in [6, 6.07) is 9.79. The lowest BCUT2D eigenvalue weighted by molar-refractivity contribution is -0.115. The van der Waals surface area contributed by atoms with Gasteiger partial charge in [-0.05, 0) is 25.5 Å². The van der Waals surface area contributed by atoms with E-state index in [-0.39, 0.29) is 12.0 Å². The molecule has 1 fully saturated rings. The number of epoxide rings is 1. The number of anilines is 1. The summed E-state index contributed by atoms with van der Waals surface area (Å²) in [6.07, 6.45) is 4.22. The minimum atomic E-state index is 0.0788. The molecule has 1 amide bonds. The molecule has 0 spiro atoms. The van der Waals surface area contributed by atoms with Gasteiger partial charge in [0, 0.05) is 11.3 Å². The van der Waals surface area contributed by atoms with E-state index in [1.54, 1.807) is 0 Å². The molecule has 0 N–H and O–H groups in total.